The molecule has 0 radical (unpaired) electrons. The standard InChI is InChI=1S/C21H15BrF3N3O2S/c1-11(13-4-2-3-5-14(13)21(23,24)25)30-17-9-18(31-19(17)20(26)29)28-10-27-15-8-12(22)6-7-16(15)28/h2-11H,1H3,(H2,26,29)/t11-/m1/s1. The second-order valence-electron chi connectivity index (χ2n) is 6.73. The van der Waals surface area contributed by atoms with Crippen molar-refractivity contribution in [2.75, 3.05) is 0 Å². The Labute approximate surface area is 187 Å². The fourth-order valence-corrected chi connectivity index (χ4v) is 4.54. The van der Waals surface area contributed by atoms with E-state index in [4.69, 9.17) is 10.5 Å². The largest absolute Gasteiger partial charge is 0.484 e. The molecule has 2 N–H and O–H groups in total. The number of ether oxygens (including phenoxy) is 1. The van der Waals surface area contributed by atoms with Crippen LogP contribution in [0, 0.1) is 0 Å². The number of benzene rings is 2. The van der Waals surface area contributed by atoms with Crippen LogP contribution in [0.4, 0.5) is 13.2 Å². The number of imidazole rings is 1. The summed E-state index contributed by atoms with van der Waals surface area (Å²) in [5.74, 6) is -0.606. The van der Waals surface area contributed by atoms with Crippen molar-refractivity contribution in [3.8, 4) is 10.8 Å². The number of fused-ring (bicyclic) bond motifs is 1. The quantitative estimate of drug-likeness (QED) is 0.353. The number of carbonyl (C=O) groups excluding carboxylic acids is 1. The molecule has 0 bridgehead atoms. The van der Waals surface area contributed by atoms with Gasteiger partial charge < -0.3 is 10.5 Å². The zero-order valence-corrected chi connectivity index (χ0v) is 18.4. The van der Waals surface area contributed by atoms with Gasteiger partial charge in [0.05, 0.1) is 16.6 Å². The lowest BCUT2D eigenvalue weighted by Crippen LogP contribution is -2.15. The van der Waals surface area contributed by atoms with Crippen LogP contribution in [0.1, 0.15) is 33.8 Å². The minimum absolute atomic E-state index is 0.0314. The molecular formula is C21H15BrF3N3O2S. The molecule has 1 atom stereocenters. The summed E-state index contributed by atoms with van der Waals surface area (Å²) in [6.45, 7) is 1.50. The first-order chi connectivity index (χ1) is 14.6. The second-order valence-corrected chi connectivity index (χ2v) is 8.68. The van der Waals surface area contributed by atoms with Gasteiger partial charge >= 0.3 is 6.18 Å². The molecule has 0 aliphatic carbocycles. The number of hydrogen-bond donors (Lipinski definition) is 1. The van der Waals surface area contributed by atoms with Gasteiger partial charge in [0.15, 0.2) is 0 Å². The van der Waals surface area contributed by atoms with E-state index in [0.717, 1.165) is 32.9 Å². The van der Waals surface area contributed by atoms with Gasteiger partial charge in [-0.2, -0.15) is 13.2 Å². The summed E-state index contributed by atoms with van der Waals surface area (Å²) in [6.07, 6.45) is -3.89. The Morgan fingerprint density at radius 3 is 2.68 bits per heavy atom. The lowest BCUT2D eigenvalue weighted by molar-refractivity contribution is -0.138. The molecule has 31 heavy (non-hydrogen) atoms. The number of halogens is 4. The maximum atomic E-state index is 13.4. The highest BCUT2D eigenvalue weighted by Gasteiger charge is 2.35. The Bertz CT molecular complexity index is 1280. The van der Waals surface area contributed by atoms with Crippen LogP contribution in [-0.4, -0.2) is 15.5 Å². The van der Waals surface area contributed by atoms with Crippen molar-refractivity contribution in [1.82, 2.24) is 9.55 Å². The third-order valence-electron chi connectivity index (χ3n) is 4.66. The molecule has 160 valence electrons. The lowest BCUT2D eigenvalue weighted by atomic mass is 10.0. The van der Waals surface area contributed by atoms with E-state index >= 15 is 0 Å². The van der Waals surface area contributed by atoms with Crippen LogP contribution in [0.3, 0.4) is 0 Å². The van der Waals surface area contributed by atoms with Gasteiger partial charge in [-0.25, -0.2) is 4.98 Å². The lowest BCUT2D eigenvalue weighted by Gasteiger charge is -2.19. The summed E-state index contributed by atoms with van der Waals surface area (Å²) in [5.41, 5.74) is 6.22. The number of carbonyl (C=O) groups is 1. The Balaban J connectivity index is 1.73. The van der Waals surface area contributed by atoms with Gasteiger partial charge in [-0.3, -0.25) is 9.36 Å². The SMILES string of the molecule is C[C@@H](Oc1cc(-n2cnc3cc(Br)ccc32)sc1C(N)=O)c1ccccc1C(F)(F)F. The number of aromatic nitrogens is 2. The van der Waals surface area contributed by atoms with Crippen molar-refractivity contribution < 1.29 is 22.7 Å². The molecule has 0 saturated carbocycles. The van der Waals surface area contributed by atoms with Gasteiger partial charge in [-0.05, 0) is 31.2 Å². The Hall–Kier alpha value is -2.85. The molecule has 0 unspecified atom stereocenters. The average molecular weight is 510 g/mol. The van der Waals surface area contributed by atoms with Crippen LogP contribution in [-0.2, 0) is 6.18 Å². The monoisotopic (exact) mass is 509 g/mol. The van der Waals surface area contributed by atoms with Crippen LogP contribution in [0.2, 0.25) is 0 Å². The second kappa shape index (κ2) is 8.01. The first kappa shape index (κ1) is 21.4. The van der Waals surface area contributed by atoms with Crippen LogP contribution in [0.15, 0.2) is 59.3 Å². The first-order valence-electron chi connectivity index (χ1n) is 9.04. The highest BCUT2D eigenvalue weighted by molar-refractivity contribution is 9.10. The number of hydrogen-bond acceptors (Lipinski definition) is 4. The molecular weight excluding hydrogens is 495 g/mol. The molecule has 4 rings (SSSR count). The smallest absolute Gasteiger partial charge is 0.416 e. The Morgan fingerprint density at radius 2 is 1.97 bits per heavy atom. The van der Waals surface area contributed by atoms with Crippen LogP contribution in [0.25, 0.3) is 16.0 Å². The summed E-state index contributed by atoms with van der Waals surface area (Å²) in [6, 6.07) is 12.3. The number of thiophene rings is 1. The van der Waals surface area contributed by atoms with E-state index in [-0.39, 0.29) is 16.2 Å². The minimum atomic E-state index is -4.52. The summed E-state index contributed by atoms with van der Waals surface area (Å²) in [4.78, 5) is 16.5. The maximum absolute atomic E-state index is 13.4. The minimum Gasteiger partial charge on any atom is -0.484 e. The van der Waals surface area contributed by atoms with Crippen molar-refractivity contribution >= 4 is 44.2 Å². The summed E-state index contributed by atoms with van der Waals surface area (Å²) < 4.78 is 48.6. The fraction of sp³-hybridized carbons (Fsp3) is 0.143. The van der Waals surface area contributed by atoms with Gasteiger partial charge in [0, 0.05) is 16.1 Å². The van der Waals surface area contributed by atoms with E-state index in [1.807, 2.05) is 18.2 Å². The highest BCUT2D eigenvalue weighted by Crippen LogP contribution is 2.39. The molecule has 2 heterocycles. The molecule has 0 fully saturated rings. The predicted molar refractivity (Wildman–Crippen MR) is 116 cm³/mol. The summed E-state index contributed by atoms with van der Waals surface area (Å²) in [5, 5.41) is 0.602. The van der Waals surface area contributed by atoms with Gasteiger partial charge in [0.2, 0.25) is 0 Å². The van der Waals surface area contributed by atoms with Gasteiger partial charge in [0.1, 0.15) is 28.1 Å². The number of rotatable bonds is 5. The maximum Gasteiger partial charge on any atom is 0.416 e. The van der Waals surface area contributed by atoms with Crippen molar-refractivity contribution in [2.45, 2.75) is 19.2 Å². The third kappa shape index (κ3) is 4.17. The van der Waals surface area contributed by atoms with Gasteiger partial charge in [-0.15, -0.1) is 11.3 Å². The van der Waals surface area contributed by atoms with Gasteiger partial charge in [-0.1, -0.05) is 34.1 Å². The van der Waals surface area contributed by atoms with Gasteiger partial charge in [0.25, 0.3) is 5.91 Å². The average Bonchev–Trinajstić information content (AvgIpc) is 3.31. The number of primary amides is 1. The topological polar surface area (TPSA) is 70.1 Å². The molecule has 1 amide bonds. The Morgan fingerprint density at radius 1 is 1.23 bits per heavy atom. The zero-order valence-electron chi connectivity index (χ0n) is 16.0. The van der Waals surface area contributed by atoms with Crippen molar-refractivity contribution in [1.29, 1.82) is 0 Å². The van der Waals surface area contributed by atoms with E-state index in [1.165, 1.54) is 25.1 Å². The fourth-order valence-electron chi connectivity index (χ4n) is 3.27. The number of amides is 1. The summed E-state index contributed by atoms with van der Waals surface area (Å²) in [7, 11) is 0. The number of nitrogens with zero attached hydrogens (tertiary/aromatic N) is 2. The number of alkyl halides is 3. The van der Waals surface area contributed by atoms with E-state index in [9.17, 15) is 18.0 Å². The van der Waals surface area contributed by atoms with E-state index < -0.39 is 23.8 Å². The van der Waals surface area contributed by atoms with Crippen molar-refractivity contribution in [3.63, 3.8) is 0 Å². The molecule has 4 aromatic rings. The third-order valence-corrected chi connectivity index (χ3v) is 6.29. The Kier molecular flexibility index (Phi) is 5.52. The van der Waals surface area contributed by atoms with E-state index in [1.54, 1.807) is 17.0 Å². The molecule has 2 aromatic carbocycles. The normalized spacial score (nSPS) is 12.8. The van der Waals surface area contributed by atoms with Crippen LogP contribution >= 0.6 is 27.3 Å². The number of nitrogens with two attached hydrogens (primary N) is 1. The molecule has 2 aromatic heterocycles. The van der Waals surface area contributed by atoms with E-state index in [0.29, 0.717) is 5.00 Å². The predicted octanol–water partition coefficient (Wildman–Crippen LogP) is 6.11. The van der Waals surface area contributed by atoms with Crippen molar-refractivity contribution in [3.05, 3.63) is 75.3 Å². The van der Waals surface area contributed by atoms with Crippen LogP contribution < -0.4 is 10.5 Å². The molecule has 0 aliphatic rings. The van der Waals surface area contributed by atoms with Crippen LogP contribution in [0.5, 0.6) is 5.75 Å². The summed E-state index contributed by atoms with van der Waals surface area (Å²) >= 11 is 4.47. The van der Waals surface area contributed by atoms with E-state index in [2.05, 4.69) is 20.9 Å². The van der Waals surface area contributed by atoms with Crippen molar-refractivity contribution in [2.24, 2.45) is 5.73 Å². The molecule has 0 saturated heterocycles. The molecule has 0 spiro atoms. The molecule has 0 aliphatic heterocycles. The molecule has 10 heteroatoms. The molecule has 5 nitrogen and oxygen atoms in total. The first-order valence-corrected chi connectivity index (χ1v) is 10.7. The highest BCUT2D eigenvalue weighted by atomic mass is 79.9. The zero-order chi connectivity index (χ0) is 22.3.